The Bertz CT molecular complexity index is 4820. The minimum atomic E-state index is 0.715. The first-order valence-electron chi connectivity index (χ1n) is 26.6. The number of rotatable bonds is 4. The molecule has 360 valence electrons. The standard InChI is InChI=1S/C73H48N4/c1-47-22-23-48-24-25-56-40-49(26-33-67(56)74(47)57-14-6-2-7-15-57)51-28-35-69-62(42-51)64-44-53(30-37-71(64)76(69)59-18-10-4-11-19-59)55-32-39-73-66(46-55)65-45-54(31-38-72(65)77(73)60-20-12-5-13-21-60)52-29-36-70-63(43-52)61-41-50(48)27-34-68(61)75(70)58-16-8-3-9-17-58/h2-24,26-46H,1,25H2/b23-22?,48-24+. The number of allylic oxidation sites excluding steroid dienone is 4. The van der Waals surface area contributed by atoms with Crippen molar-refractivity contribution >= 4 is 82.4 Å². The maximum absolute atomic E-state index is 4.74. The molecule has 0 fully saturated rings. The van der Waals surface area contributed by atoms with Crippen LogP contribution in [0.1, 0.15) is 11.1 Å². The summed E-state index contributed by atoms with van der Waals surface area (Å²) in [4.78, 5) is 2.31. The lowest BCUT2D eigenvalue weighted by Gasteiger charge is -2.28. The zero-order valence-electron chi connectivity index (χ0n) is 42.1. The van der Waals surface area contributed by atoms with Crippen LogP contribution in [0.25, 0.3) is 121 Å². The zero-order chi connectivity index (χ0) is 50.7. The van der Waals surface area contributed by atoms with Crippen LogP contribution in [0.3, 0.4) is 0 Å². The van der Waals surface area contributed by atoms with Gasteiger partial charge < -0.3 is 18.6 Å². The Morgan fingerprint density at radius 1 is 0.286 bits per heavy atom. The van der Waals surface area contributed by atoms with Gasteiger partial charge in [-0.05, 0) is 196 Å². The zero-order valence-corrected chi connectivity index (χ0v) is 42.1. The van der Waals surface area contributed by atoms with Gasteiger partial charge in [0.25, 0.3) is 0 Å². The van der Waals surface area contributed by atoms with Crippen LogP contribution < -0.4 is 4.90 Å². The van der Waals surface area contributed by atoms with Gasteiger partial charge in [-0.1, -0.05) is 134 Å². The van der Waals surface area contributed by atoms with Gasteiger partial charge in [0.1, 0.15) is 0 Å². The van der Waals surface area contributed by atoms with E-state index < -0.39 is 0 Å². The predicted molar refractivity (Wildman–Crippen MR) is 324 cm³/mol. The molecule has 2 aliphatic rings. The molecule has 16 rings (SSSR count). The van der Waals surface area contributed by atoms with E-state index in [0.717, 1.165) is 45.3 Å². The van der Waals surface area contributed by atoms with Gasteiger partial charge >= 0.3 is 0 Å². The molecule has 0 amide bonds. The molecular weight excluding hydrogens is 933 g/mol. The second-order valence-electron chi connectivity index (χ2n) is 20.6. The molecule has 0 unspecified atom stereocenters. The molecule has 4 nitrogen and oxygen atoms in total. The van der Waals surface area contributed by atoms with Crippen LogP contribution in [-0.2, 0) is 6.42 Å². The number of nitrogens with zero attached hydrogens (tertiary/aromatic N) is 4. The van der Waals surface area contributed by atoms with Gasteiger partial charge in [0.05, 0.1) is 33.1 Å². The molecule has 4 heterocycles. The summed E-state index contributed by atoms with van der Waals surface area (Å²) in [6.45, 7) is 4.74. The summed E-state index contributed by atoms with van der Waals surface area (Å²) in [6.07, 6.45) is 7.57. The first kappa shape index (κ1) is 43.3. The lowest BCUT2D eigenvalue weighted by Crippen LogP contribution is -2.15. The summed E-state index contributed by atoms with van der Waals surface area (Å²) in [5.74, 6) is 0. The van der Waals surface area contributed by atoms with Crippen molar-refractivity contribution in [3.8, 4) is 50.4 Å². The van der Waals surface area contributed by atoms with Crippen molar-refractivity contribution in [2.45, 2.75) is 6.42 Å². The van der Waals surface area contributed by atoms with Crippen LogP contribution in [0.5, 0.6) is 0 Å². The van der Waals surface area contributed by atoms with Crippen LogP contribution in [0, 0.1) is 0 Å². The number of para-hydroxylation sites is 4. The van der Waals surface area contributed by atoms with E-state index in [0.29, 0.717) is 6.42 Å². The molecule has 14 aromatic rings. The fourth-order valence-corrected chi connectivity index (χ4v) is 12.7. The third-order valence-electron chi connectivity index (χ3n) is 16.3. The molecule has 1 aliphatic heterocycles. The minimum absolute atomic E-state index is 0.715. The number of hydrogen-bond acceptors (Lipinski definition) is 1. The molecule has 77 heavy (non-hydrogen) atoms. The lowest BCUT2D eigenvalue weighted by atomic mass is 9.95. The van der Waals surface area contributed by atoms with Crippen molar-refractivity contribution < 1.29 is 0 Å². The highest BCUT2D eigenvalue weighted by Crippen LogP contribution is 2.44. The van der Waals surface area contributed by atoms with E-state index in [1.807, 2.05) is 0 Å². The van der Waals surface area contributed by atoms with Gasteiger partial charge in [0.15, 0.2) is 0 Å². The molecule has 0 saturated heterocycles. The van der Waals surface area contributed by atoms with Crippen LogP contribution in [-0.4, -0.2) is 13.7 Å². The first-order valence-corrected chi connectivity index (χ1v) is 26.6. The van der Waals surface area contributed by atoms with Gasteiger partial charge in [0, 0.05) is 66.5 Å². The second-order valence-corrected chi connectivity index (χ2v) is 20.6. The Morgan fingerprint density at radius 2 is 0.597 bits per heavy atom. The molecule has 0 N–H and O–H groups in total. The Kier molecular flexibility index (Phi) is 9.52. The summed E-state index contributed by atoms with van der Waals surface area (Å²) in [6, 6.07) is 92.2. The molecule has 3 aromatic heterocycles. The molecule has 0 radical (unpaired) electrons. The van der Waals surface area contributed by atoms with Crippen molar-refractivity contribution in [1.29, 1.82) is 0 Å². The fourth-order valence-electron chi connectivity index (χ4n) is 12.7. The van der Waals surface area contributed by atoms with E-state index >= 15 is 0 Å². The average molecular weight is 981 g/mol. The van der Waals surface area contributed by atoms with E-state index in [4.69, 9.17) is 6.58 Å². The van der Waals surface area contributed by atoms with E-state index in [-0.39, 0.29) is 0 Å². The Hall–Kier alpha value is -10.2. The summed E-state index contributed by atoms with van der Waals surface area (Å²) in [7, 11) is 0. The van der Waals surface area contributed by atoms with Crippen molar-refractivity contribution in [2.75, 3.05) is 4.90 Å². The molecule has 11 aromatic carbocycles. The molecule has 4 heteroatoms. The third kappa shape index (κ3) is 6.79. The van der Waals surface area contributed by atoms with Crippen LogP contribution in [0.4, 0.5) is 11.4 Å². The molecular formula is C73H48N4. The molecule has 0 spiro atoms. The van der Waals surface area contributed by atoms with Crippen LogP contribution in [0.2, 0.25) is 0 Å². The fraction of sp³-hybridized carbons (Fsp3) is 0.0137. The Labute approximate surface area is 445 Å². The molecule has 0 saturated carbocycles. The normalized spacial score (nSPS) is 13.8. The third-order valence-corrected chi connectivity index (χ3v) is 16.3. The average Bonchev–Trinajstić information content (AvgIpc) is 4.15. The van der Waals surface area contributed by atoms with Crippen molar-refractivity contribution in [3.63, 3.8) is 0 Å². The van der Waals surface area contributed by atoms with Crippen LogP contribution in [0.15, 0.2) is 279 Å². The van der Waals surface area contributed by atoms with Crippen LogP contribution >= 0.6 is 0 Å². The van der Waals surface area contributed by atoms with E-state index in [1.54, 1.807) is 0 Å². The lowest BCUT2D eigenvalue weighted by molar-refractivity contribution is 1.17. The quantitative estimate of drug-likeness (QED) is 0.172. The smallest absolute Gasteiger partial charge is 0.0541 e. The van der Waals surface area contributed by atoms with E-state index in [9.17, 15) is 0 Å². The number of hydrogen-bond donors (Lipinski definition) is 0. The highest BCUT2D eigenvalue weighted by molar-refractivity contribution is 6.15. The molecule has 15 bridgehead atoms. The molecule has 0 atom stereocenters. The van der Waals surface area contributed by atoms with Crippen molar-refractivity contribution in [3.05, 3.63) is 290 Å². The summed E-state index contributed by atoms with van der Waals surface area (Å²) in [5.41, 5.74) is 24.1. The largest absolute Gasteiger partial charge is 0.311 e. The van der Waals surface area contributed by atoms with Crippen molar-refractivity contribution in [2.24, 2.45) is 0 Å². The first-order chi connectivity index (χ1) is 38.1. The second kappa shape index (κ2) is 16.9. The van der Waals surface area contributed by atoms with E-state index in [1.165, 1.54) is 104 Å². The summed E-state index contributed by atoms with van der Waals surface area (Å²) in [5, 5.41) is 7.28. The summed E-state index contributed by atoms with van der Waals surface area (Å²) >= 11 is 0. The van der Waals surface area contributed by atoms with Crippen molar-refractivity contribution in [1.82, 2.24) is 13.7 Å². The number of aromatic nitrogens is 3. The monoisotopic (exact) mass is 980 g/mol. The molecule has 1 aliphatic carbocycles. The SMILES string of the molecule is C=C1C=C/C2=C\Cc3cc(ccc3N1c1ccccc1)-c1ccc3c(c1)c1cc(ccc1n3-c1ccccc1)-c1ccc3c(c1)c1cc(ccc1n3-c1ccccc1)-c1ccc3c(c1)c1cc2ccc1n3-c1ccccc1. The van der Waals surface area contributed by atoms with E-state index in [2.05, 4.69) is 286 Å². The van der Waals surface area contributed by atoms with Gasteiger partial charge in [-0.15, -0.1) is 0 Å². The summed E-state index contributed by atoms with van der Waals surface area (Å²) < 4.78 is 7.26. The van der Waals surface area contributed by atoms with Gasteiger partial charge in [-0.25, -0.2) is 0 Å². The number of fused-ring (bicyclic) bond motifs is 12. The van der Waals surface area contributed by atoms with Gasteiger partial charge in [-0.2, -0.15) is 0 Å². The number of anilines is 2. The minimum Gasteiger partial charge on any atom is -0.311 e. The highest BCUT2D eigenvalue weighted by Gasteiger charge is 2.22. The van der Waals surface area contributed by atoms with Gasteiger partial charge in [-0.3, -0.25) is 0 Å². The maximum Gasteiger partial charge on any atom is 0.0541 e. The number of benzene rings is 11. The Balaban J connectivity index is 0.996. The Morgan fingerprint density at radius 3 is 0.974 bits per heavy atom. The topological polar surface area (TPSA) is 18.0 Å². The van der Waals surface area contributed by atoms with Gasteiger partial charge in [0.2, 0.25) is 0 Å². The predicted octanol–water partition coefficient (Wildman–Crippen LogP) is 19.1. The maximum atomic E-state index is 4.74. The highest BCUT2D eigenvalue weighted by atomic mass is 15.1.